The summed E-state index contributed by atoms with van der Waals surface area (Å²) in [6.45, 7) is 0. The standard InChI is InChI=1S/C16H13FN2OS/c17-12-3-1-11(2-4-12)16-19-14(9-20-16)10-21-15-7-5-13(18)6-8-15/h1-9H,10,18H2. The second kappa shape index (κ2) is 6.01. The summed E-state index contributed by atoms with van der Waals surface area (Å²) >= 11 is 1.66. The van der Waals surface area contributed by atoms with Crippen LogP contribution in [-0.2, 0) is 5.75 Å². The number of nitrogens with two attached hydrogens (primary N) is 1. The van der Waals surface area contributed by atoms with Gasteiger partial charge in [-0.2, -0.15) is 0 Å². The summed E-state index contributed by atoms with van der Waals surface area (Å²) in [5.74, 6) is 0.932. The zero-order valence-electron chi connectivity index (χ0n) is 11.1. The molecule has 2 aromatic carbocycles. The molecule has 0 aliphatic carbocycles. The Hall–Kier alpha value is -2.27. The third-order valence-electron chi connectivity index (χ3n) is 2.91. The normalized spacial score (nSPS) is 10.7. The van der Waals surface area contributed by atoms with E-state index >= 15 is 0 Å². The van der Waals surface area contributed by atoms with Crippen LogP contribution in [-0.4, -0.2) is 4.98 Å². The van der Waals surface area contributed by atoms with Crippen LogP contribution in [0.1, 0.15) is 5.69 Å². The number of aromatic nitrogens is 1. The summed E-state index contributed by atoms with van der Waals surface area (Å²) in [6, 6.07) is 13.8. The maximum absolute atomic E-state index is 12.9. The fourth-order valence-electron chi connectivity index (χ4n) is 1.82. The molecule has 0 bridgehead atoms. The Kier molecular flexibility index (Phi) is 3.92. The van der Waals surface area contributed by atoms with Crippen LogP contribution in [0.5, 0.6) is 0 Å². The minimum absolute atomic E-state index is 0.274. The molecule has 0 saturated carbocycles. The maximum Gasteiger partial charge on any atom is 0.226 e. The quantitative estimate of drug-likeness (QED) is 0.574. The van der Waals surface area contributed by atoms with Crippen molar-refractivity contribution in [3.05, 3.63) is 66.3 Å². The minimum Gasteiger partial charge on any atom is -0.444 e. The lowest BCUT2D eigenvalue weighted by Crippen LogP contribution is -1.84. The van der Waals surface area contributed by atoms with Gasteiger partial charge in [-0.15, -0.1) is 11.8 Å². The van der Waals surface area contributed by atoms with E-state index in [1.165, 1.54) is 12.1 Å². The zero-order chi connectivity index (χ0) is 14.7. The summed E-state index contributed by atoms with van der Waals surface area (Å²) in [5.41, 5.74) is 8.01. The molecule has 0 aliphatic heterocycles. The molecular weight excluding hydrogens is 287 g/mol. The molecule has 0 saturated heterocycles. The molecule has 3 rings (SSSR count). The van der Waals surface area contributed by atoms with Crippen molar-refractivity contribution in [1.29, 1.82) is 0 Å². The minimum atomic E-state index is -0.274. The first-order chi connectivity index (χ1) is 10.2. The Morgan fingerprint density at radius 3 is 2.48 bits per heavy atom. The Morgan fingerprint density at radius 2 is 1.76 bits per heavy atom. The van der Waals surface area contributed by atoms with Crippen LogP contribution in [0, 0.1) is 5.82 Å². The van der Waals surface area contributed by atoms with Crippen LogP contribution >= 0.6 is 11.8 Å². The molecule has 0 aliphatic rings. The van der Waals surface area contributed by atoms with Gasteiger partial charge in [0.05, 0.1) is 5.69 Å². The van der Waals surface area contributed by atoms with Gasteiger partial charge < -0.3 is 10.2 Å². The zero-order valence-corrected chi connectivity index (χ0v) is 11.9. The number of hydrogen-bond donors (Lipinski definition) is 1. The Labute approximate surface area is 126 Å². The summed E-state index contributed by atoms with van der Waals surface area (Å²) in [5, 5.41) is 0. The Bertz CT molecular complexity index is 723. The van der Waals surface area contributed by atoms with E-state index in [2.05, 4.69) is 4.98 Å². The largest absolute Gasteiger partial charge is 0.444 e. The third-order valence-corrected chi connectivity index (χ3v) is 3.96. The molecule has 21 heavy (non-hydrogen) atoms. The first-order valence-corrected chi connectivity index (χ1v) is 7.38. The van der Waals surface area contributed by atoms with Gasteiger partial charge in [-0.3, -0.25) is 0 Å². The monoisotopic (exact) mass is 300 g/mol. The SMILES string of the molecule is Nc1ccc(SCc2coc(-c3ccc(F)cc3)n2)cc1. The number of hydrogen-bond acceptors (Lipinski definition) is 4. The van der Waals surface area contributed by atoms with Gasteiger partial charge in [0.2, 0.25) is 5.89 Å². The average Bonchev–Trinajstić information content (AvgIpc) is 2.96. The van der Waals surface area contributed by atoms with Crippen LogP contribution < -0.4 is 5.73 Å². The van der Waals surface area contributed by atoms with Crippen LogP contribution in [0.25, 0.3) is 11.5 Å². The molecule has 1 aromatic heterocycles. The third kappa shape index (κ3) is 3.44. The lowest BCUT2D eigenvalue weighted by Gasteiger charge is -1.99. The van der Waals surface area contributed by atoms with Gasteiger partial charge in [-0.05, 0) is 48.5 Å². The number of halogens is 1. The number of oxazole rings is 1. The van der Waals surface area contributed by atoms with Crippen LogP contribution in [0.4, 0.5) is 10.1 Å². The average molecular weight is 300 g/mol. The number of anilines is 1. The van der Waals surface area contributed by atoms with Crippen molar-refractivity contribution in [3.63, 3.8) is 0 Å². The van der Waals surface area contributed by atoms with E-state index in [1.54, 1.807) is 30.2 Å². The highest BCUT2D eigenvalue weighted by Gasteiger charge is 2.07. The summed E-state index contributed by atoms with van der Waals surface area (Å²) in [6.07, 6.45) is 1.63. The van der Waals surface area contributed by atoms with Crippen molar-refractivity contribution in [2.45, 2.75) is 10.6 Å². The fourth-order valence-corrected chi connectivity index (χ4v) is 2.60. The lowest BCUT2D eigenvalue weighted by atomic mass is 10.2. The molecule has 0 atom stereocenters. The van der Waals surface area contributed by atoms with Gasteiger partial charge in [0.1, 0.15) is 12.1 Å². The number of benzene rings is 2. The fraction of sp³-hybridized carbons (Fsp3) is 0.0625. The van der Waals surface area contributed by atoms with Gasteiger partial charge in [0.25, 0.3) is 0 Å². The van der Waals surface area contributed by atoms with E-state index in [4.69, 9.17) is 10.2 Å². The second-order valence-electron chi connectivity index (χ2n) is 4.51. The predicted molar refractivity (Wildman–Crippen MR) is 82.3 cm³/mol. The number of rotatable bonds is 4. The Morgan fingerprint density at radius 1 is 1.05 bits per heavy atom. The molecule has 3 nitrogen and oxygen atoms in total. The number of nitrogen functional groups attached to an aromatic ring is 1. The van der Waals surface area contributed by atoms with Crippen molar-refractivity contribution in [3.8, 4) is 11.5 Å². The van der Waals surface area contributed by atoms with Gasteiger partial charge in [0.15, 0.2) is 0 Å². The molecule has 2 N–H and O–H groups in total. The highest BCUT2D eigenvalue weighted by Crippen LogP contribution is 2.25. The highest BCUT2D eigenvalue weighted by molar-refractivity contribution is 7.98. The molecule has 5 heteroatoms. The number of nitrogens with zero attached hydrogens (tertiary/aromatic N) is 1. The maximum atomic E-state index is 12.9. The first kappa shape index (κ1) is 13.7. The molecule has 0 unspecified atom stereocenters. The van der Waals surface area contributed by atoms with E-state index in [0.29, 0.717) is 11.6 Å². The molecular formula is C16H13FN2OS. The van der Waals surface area contributed by atoms with Gasteiger partial charge in [-0.1, -0.05) is 0 Å². The van der Waals surface area contributed by atoms with Crippen molar-refractivity contribution in [1.82, 2.24) is 4.98 Å². The molecule has 1 heterocycles. The van der Waals surface area contributed by atoms with Gasteiger partial charge in [-0.25, -0.2) is 9.37 Å². The molecule has 0 radical (unpaired) electrons. The van der Waals surface area contributed by atoms with Gasteiger partial charge >= 0.3 is 0 Å². The second-order valence-corrected chi connectivity index (χ2v) is 5.56. The molecule has 0 spiro atoms. The topological polar surface area (TPSA) is 52.0 Å². The Balaban J connectivity index is 1.67. The first-order valence-electron chi connectivity index (χ1n) is 6.39. The van der Waals surface area contributed by atoms with Crippen molar-refractivity contribution >= 4 is 17.4 Å². The predicted octanol–water partition coefficient (Wildman–Crippen LogP) is 4.36. The van der Waals surface area contributed by atoms with E-state index in [-0.39, 0.29) is 5.82 Å². The van der Waals surface area contributed by atoms with Crippen molar-refractivity contribution in [2.24, 2.45) is 0 Å². The van der Waals surface area contributed by atoms with Crippen molar-refractivity contribution in [2.75, 3.05) is 5.73 Å². The summed E-state index contributed by atoms with van der Waals surface area (Å²) in [4.78, 5) is 5.53. The summed E-state index contributed by atoms with van der Waals surface area (Å²) in [7, 11) is 0. The van der Waals surface area contributed by atoms with Crippen LogP contribution in [0.3, 0.4) is 0 Å². The lowest BCUT2D eigenvalue weighted by molar-refractivity contribution is 0.573. The van der Waals surface area contributed by atoms with E-state index in [1.807, 2.05) is 24.3 Å². The summed E-state index contributed by atoms with van der Waals surface area (Å²) < 4.78 is 18.3. The molecule has 0 amide bonds. The smallest absolute Gasteiger partial charge is 0.226 e. The van der Waals surface area contributed by atoms with E-state index < -0.39 is 0 Å². The molecule has 0 fully saturated rings. The number of thioether (sulfide) groups is 1. The molecule has 3 aromatic rings. The molecule has 106 valence electrons. The van der Waals surface area contributed by atoms with Gasteiger partial charge in [0, 0.05) is 21.9 Å². The van der Waals surface area contributed by atoms with E-state index in [9.17, 15) is 4.39 Å². The van der Waals surface area contributed by atoms with Crippen molar-refractivity contribution < 1.29 is 8.81 Å². The van der Waals surface area contributed by atoms with Crippen LogP contribution in [0.2, 0.25) is 0 Å². The highest BCUT2D eigenvalue weighted by atomic mass is 32.2. The van der Waals surface area contributed by atoms with Crippen LogP contribution in [0.15, 0.2) is 64.1 Å². The van der Waals surface area contributed by atoms with E-state index in [0.717, 1.165) is 21.8 Å².